The predicted molar refractivity (Wildman–Crippen MR) is 66.6 cm³/mol. The van der Waals surface area contributed by atoms with Crippen LogP contribution in [0.15, 0.2) is 24.3 Å². The second kappa shape index (κ2) is 4.88. The van der Waals surface area contributed by atoms with Gasteiger partial charge in [-0.25, -0.2) is 9.07 Å². The molecule has 4 nitrogen and oxygen atoms in total. The average molecular weight is 244 g/mol. The fraction of sp³-hybridized carbons (Fsp3) is 0.231. The predicted octanol–water partition coefficient (Wildman–Crippen LogP) is 2.42. The van der Waals surface area contributed by atoms with E-state index in [1.165, 1.54) is 16.8 Å². The summed E-state index contributed by atoms with van der Waals surface area (Å²) in [6, 6.07) is 8.01. The minimum Gasteiger partial charge on any atom is -0.382 e. The van der Waals surface area contributed by atoms with Gasteiger partial charge in [0.25, 0.3) is 0 Å². The summed E-state index contributed by atoms with van der Waals surface area (Å²) in [7, 11) is 0. The van der Waals surface area contributed by atoms with Crippen LogP contribution in [0.25, 0.3) is 5.69 Å². The second-order valence-corrected chi connectivity index (χ2v) is 3.96. The summed E-state index contributed by atoms with van der Waals surface area (Å²) in [4.78, 5) is 0. The van der Waals surface area contributed by atoms with Crippen molar-refractivity contribution in [1.82, 2.24) is 9.78 Å². The van der Waals surface area contributed by atoms with E-state index >= 15 is 0 Å². The van der Waals surface area contributed by atoms with Gasteiger partial charge in [0.15, 0.2) is 0 Å². The van der Waals surface area contributed by atoms with Gasteiger partial charge < -0.3 is 5.73 Å². The highest BCUT2D eigenvalue weighted by atomic mass is 19.1. The third kappa shape index (κ3) is 2.05. The lowest BCUT2D eigenvalue weighted by Crippen LogP contribution is -2.02. The topological polar surface area (TPSA) is 67.6 Å². The zero-order chi connectivity index (χ0) is 13.1. The molecule has 0 bridgehead atoms. The lowest BCUT2D eigenvalue weighted by molar-refractivity contribution is 0.625. The molecule has 1 aromatic carbocycles. The number of rotatable bonds is 3. The van der Waals surface area contributed by atoms with Crippen LogP contribution in [0, 0.1) is 17.1 Å². The smallest absolute Gasteiger partial charge is 0.145 e. The van der Waals surface area contributed by atoms with E-state index in [4.69, 9.17) is 11.0 Å². The standard InChI is InChI=1S/C13H13FN4/c1-2-4-12-11(8-15)13(16)18(17-12)10-6-3-5-9(14)7-10/h3,5-7H,2,4,16H2,1H3. The number of aryl methyl sites for hydroxylation is 1. The van der Waals surface area contributed by atoms with E-state index in [2.05, 4.69) is 11.2 Å². The van der Waals surface area contributed by atoms with Gasteiger partial charge in [-0.15, -0.1) is 0 Å². The number of halogens is 1. The number of hydrogen-bond acceptors (Lipinski definition) is 3. The molecule has 0 saturated carbocycles. The van der Waals surface area contributed by atoms with Crippen LogP contribution in [0.2, 0.25) is 0 Å². The summed E-state index contributed by atoms with van der Waals surface area (Å²) >= 11 is 0. The molecule has 0 unspecified atom stereocenters. The minimum atomic E-state index is -0.363. The lowest BCUT2D eigenvalue weighted by atomic mass is 10.2. The molecule has 2 rings (SSSR count). The van der Waals surface area contributed by atoms with Crippen molar-refractivity contribution in [1.29, 1.82) is 5.26 Å². The van der Waals surface area contributed by atoms with Crippen molar-refractivity contribution in [2.24, 2.45) is 0 Å². The van der Waals surface area contributed by atoms with Crippen molar-refractivity contribution < 1.29 is 4.39 Å². The third-order valence-corrected chi connectivity index (χ3v) is 2.64. The molecular weight excluding hydrogens is 231 g/mol. The highest BCUT2D eigenvalue weighted by Gasteiger charge is 2.15. The SMILES string of the molecule is CCCc1nn(-c2cccc(F)c2)c(N)c1C#N. The van der Waals surface area contributed by atoms with Crippen LogP contribution in [0.4, 0.5) is 10.2 Å². The van der Waals surface area contributed by atoms with Crippen molar-refractivity contribution in [3.8, 4) is 11.8 Å². The summed E-state index contributed by atoms with van der Waals surface area (Å²) in [5, 5.41) is 13.4. The first-order valence-corrected chi connectivity index (χ1v) is 5.70. The largest absolute Gasteiger partial charge is 0.382 e. The van der Waals surface area contributed by atoms with Crippen LogP contribution >= 0.6 is 0 Å². The van der Waals surface area contributed by atoms with Crippen LogP contribution in [0.3, 0.4) is 0 Å². The zero-order valence-electron chi connectivity index (χ0n) is 10.0. The summed E-state index contributed by atoms with van der Waals surface area (Å²) in [5.41, 5.74) is 7.43. The minimum absolute atomic E-state index is 0.256. The number of nitriles is 1. The average Bonchev–Trinajstić information content (AvgIpc) is 2.66. The van der Waals surface area contributed by atoms with E-state index in [1.54, 1.807) is 12.1 Å². The Labute approximate surface area is 104 Å². The van der Waals surface area contributed by atoms with Crippen LogP contribution < -0.4 is 5.73 Å². The Morgan fingerprint density at radius 2 is 2.28 bits per heavy atom. The monoisotopic (exact) mass is 244 g/mol. The first kappa shape index (κ1) is 12.1. The first-order chi connectivity index (χ1) is 8.67. The Balaban J connectivity index is 2.56. The molecule has 0 fully saturated rings. The number of aromatic nitrogens is 2. The van der Waals surface area contributed by atoms with Crippen LogP contribution in [-0.4, -0.2) is 9.78 Å². The van der Waals surface area contributed by atoms with Gasteiger partial charge in [0.1, 0.15) is 23.3 Å². The van der Waals surface area contributed by atoms with Gasteiger partial charge in [0, 0.05) is 0 Å². The number of hydrogen-bond donors (Lipinski definition) is 1. The Bertz CT molecular complexity index is 610. The number of nitrogens with two attached hydrogens (primary N) is 1. The highest BCUT2D eigenvalue weighted by Crippen LogP contribution is 2.21. The van der Waals surface area contributed by atoms with Crippen LogP contribution in [0.1, 0.15) is 24.6 Å². The highest BCUT2D eigenvalue weighted by molar-refractivity contribution is 5.56. The van der Waals surface area contributed by atoms with Gasteiger partial charge in [-0.3, -0.25) is 0 Å². The molecule has 0 aliphatic heterocycles. The number of nitrogen functional groups attached to an aromatic ring is 1. The molecule has 5 heteroatoms. The lowest BCUT2D eigenvalue weighted by Gasteiger charge is -2.03. The quantitative estimate of drug-likeness (QED) is 0.901. The number of benzene rings is 1. The van der Waals surface area contributed by atoms with E-state index in [-0.39, 0.29) is 11.6 Å². The molecule has 0 spiro atoms. The summed E-state index contributed by atoms with van der Waals surface area (Å²) in [6.45, 7) is 2.00. The van der Waals surface area contributed by atoms with Gasteiger partial charge in [0.05, 0.1) is 11.4 Å². The molecular formula is C13H13FN4. The molecule has 92 valence electrons. The maximum atomic E-state index is 13.2. The molecule has 18 heavy (non-hydrogen) atoms. The molecule has 0 radical (unpaired) electrons. The molecule has 2 N–H and O–H groups in total. The van der Waals surface area contributed by atoms with Crippen molar-refractivity contribution in [2.45, 2.75) is 19.8 Å². The summed E-state index contributed by atoms with van der Waals surface area (Å²) < 4.78 is 14.6. The summed E-state index contributed by atoms with van der Waals surface area (Å²) in [5.74, 6) is -0.107. The molecule has 1 aromatic heterocycles. The molecule has 2 aromatic rings. The molecule has 1 heterocycles. The number of anilines is 1. The molecule has 0 saturated heterocycles. The molecule has 0 amide bonds. The molecule has 0 aliphatic rings. The van der Waals surface area contributed by atoms with Crippen molar-refractivity contribution in [2.75, 3.05) is 5.73 Å². The Morgan fingerprint density at radius 1 is 1.50 bits per heavy atom. The fourth-order valence-electron chi connectivity index (χ4n) is 1.82. The summed E-state index contributed by atoms with van der Waals surface area (Å²) in [6.07, 6.45) is 1.55. The second-order valence-electron chi connectivity index (χ2n) is 3.96. The number of nitrogens with zero attached hydrogens (tertiary/aromatic N) is 3. The van der Waals surface area contributed by atoms with E-state index < -0.39 is 0 Å². The maximum Gasteiger partial charge on any atom is 0.145 e. The fourth-order valence-corrected chi connectivity index (χ4v) is 1.82. The van der Waals surface area contributed by atoms with Crippen molar-refractivity contribution >= 4 is 5.82 Å². The maximum absolute atomic E-state index is 13.2. The Kier molecular flexibility index (Phi) is 3.28. The van der Waals surface area contributed by atoms with E-state index in [1.807, 2.05) is 6.92 Å². The Hall–Kier alpha value is -2.35. The third-order valence-electron chi connectivity index (χ3n) is 2.64. The zero-order valence-corrected chi connectivity index (χ0v) is 10.0. The molecule has 0 aliphatic carbocycles. The van der Waals surface area contributed by atoms with Gasteiger partial charge >= 0.3 is 0 Å². The van der Waals surface area contributed by atoms with Gasteiger partial charge in [-0.05, 0) is 24.6 Å². The van der Waals surface area contributed by atoms with E-state index in [9.17, 15) is 4.39 Å². The van der Waals surface area contributed by atoms with Gasteiger partial charge in [0.2, 0.25) is 0 Å². The molecule has 0 atom stereocenters. The normalized spacial score (nSPS) is 10.3. The first-order valence-electron chi connectivity index (χ1n) is 5.70. The van der Waals surface area contributed by atoms with Crippen molar-refractivity contribution in [3.63, 3.8) is 0 Å². The van der Waals surface area contributed by atoms with Crippen LogP contribution in [0.5, 0.6) is 0 Å². The van der Waals surface area contributed by atoms with Crippen LogP contribution in [-0.2, 0) is 6.42 Å². The Morgan fingerprint density at radius 3 is 2.89 bits per heavy atom. The van der Waals surface area contributed by atoms with Crippen molar-refractivity contribution in [3.05, 3.63) is 41.3 Å². The van der Waals surface area contributed by atoms with Gasteiger partial charge in [-0.1, -0.05) is 19.4 Å². The van der Waals surface area contributed by atoms with E-state index in [0.29, 0.717) is 23.4 Å². The van der Waals surface area contributed by atoms with E-state index in [0.717, 1.165) is 6.42 Å². The van der Waals surface area contributed by atoms with Gasteiger partial charge in [-0.2, -0.15) is 10.4 Å².